The number of rotatable bonds is 8. The summed E-state index contributed by atoms with van der Waals surface area (Å²) in [4.78, 5) is 0. The van der Waals surface area contributed by atoms with Crippen LogP contribution in [0.2, 0.25) is 0 Å². The van der Waals surface area contributed by atoms with E-state index < -0.39 is 14.1 Å². The summed E-state index contributed by atoms with van der Waals surface area (Å²) in [5, 5.41) is 0. The van der Waals surface area contributed by atoms with E-state index in [1.54, 1.807) is 0 Å². The number of fused-ring (bicyclic) bond motifs is 1. The first-order valence-corrected chi connectivity index (χ1v) is 8.93. The second kappa shape index (κ2) is 6.13. The summed E-state index contributed by atoms with van der Waals surface area (Å²) >= 11 is 0. The van der Waals surface area contributed by atoms with Gasteiger partial charge in [0.05, 0.1) is 0 Å². The summed E-state index contributed by atoms with van der Waals surface area (Å²) in [6.07, 6.45) is 3.05. The highest BCUT2D eigenvalue weighted by atomic mass is 31.2. The number of hydrogen-bond donors (Lipinski definition) is 0. The van der Waals surface area contributed by atoms with Crippen LogP contribution in [-0.2, 0) is 29.3 Å². The molecule has 1 aromatic rings. The van der Waals surface area contributed by atoms with Crippen molar-refractivity contribution in [2.45, 2.75) is 45.8 Å². The second-order valence-electron chi connectivity index (χ2n) is 5.10. The smallest absolute Gasteiger partial charge is 0.455 e. The van der Waals surface area contributed by atoms with Gasteiger partial charge in [-0.05, 0) is 30.5 Å². The Morgan fingerprint density at radius 1 is 1.09 bits per heavy atom. The van der Waals surface area contributed by atoms with Crippen molar-refractivity contribution in [3.63, 3.8) is 0 Å². The maximum atomic E-state index is 11.5. The molecule has 0 radical (unpaired) electrons. The Labute approximate surface area is 129 Å². The summed E-state index contributed by atoms with van der Waals surface area (Å²) in [5.41, 5.74) is 1.24. The van der Waals surface area contributed by atoms with Crippen LogP contribution in [0.25, 0.3) is 0 Å². The molecule has 0 N–H and O–H groups in total. The van der Waals surface area contributed by atoms with E-state index in [9.17, 15) is 4.57 Å². The maximum Gasteiger partial charge on any atom is 0.654 e. The minimum absolute atomic E-state index is 0.00890. The molecule has 22 heavy (non-hydrogen) atoms. The minimum Gasteiger partial charge on any atom is -0.455 e. The van der Waals surface area contributed by atoms with E-state index in [-0.39, 0.29) is 11.9 Å². The summed E-state index contributed by atoms with van der Waals surface area (Å²) < 4.78 is 37.6. The molecule has 6 nitrogen and oxygen atoms in total. The van der Waals surface area contributed by atoms with Crippen LogP contribution < -0.4 is 4.74 Å². The van der Waals surface area contributed by atoms with Gasteiger partial charge in [0.1, 0.15) is 5.75 Å². The number of aryl methyl sites for hydroxylation is 1. The Morgan fingerprint density at radius 3 is 2.36 bits per heavy atom. The molecule has 4 rings (SSSR count). The van der Waals surface area contributed by atoms with Crippen molar-refractivity contribution in [1.82, 2.24) is 0 Å². The van der Waals surface area contributed by atoms with Crippen LogP contribution in [0.5, 0.6) is 5.75 Å². The molecule has 0 aromatic heterocycles. The number of ether oxygens (including phenoxy) is 2. The SMILES string of the molecule is CCCCC(OC1=C2OP(=O)(O1)O2)Oc1ccc(CC)cc1. The highest BCUT2D eigenvalue weighted by Crippen LogP contribution is 2.70. The lowest BCUT2D eigenvalue weighted by atomic mass is 10.2. The predicted molar refractivity (Wildman–Crippen MR) is 78.7 cm³/mol. The van der Waals surface area contributed by atoms with E-state index >= 15 is 0 Å². The predicted octanol–water partition coefficient (Wildman–Crippen LogP) is 4.47. The van der Waals surface area contributed by atoms with Gasteiger partial charge >= 0.3 is 19.7 Å². The summed E-state index contributed by atoms with van der Waals surface area (Å²) in [6.45, 7) is 4.19. The van der Waals surface area contributed by atoms with E-state index in [1.165, 1.54) is 5.56 Å². The fourth-order valence-corrected chi connectivity index (χ4v) is 3.08. The molecule has 120 valence electrons. The fraction of sp³-hybridized carbons (Fsp3) is 0.467. The van der Waals surface area contributed by atoms with E-state index in [2.05, 4.69) is 13.8 Å². The average molecular weight is 326 g/mol. The van der Waals surface area contributed by atoms with E-state index in [0.717, 1.165) is 19.3 Å². The van der Waals surface area contributed by atoms with Crippen LogP contribution >= 0.6 is 7.82 Å². The zero-order valence-corrected chi connectivity index (χ0v) is 13.5. The molecule has 1 fully saturated rings. The molecule has 0 aliphatic carbocycles. The number of hydrogen-bond acceptors (Lipinski definition) is 6. The molecule has 2 bridgehead atoms. The minimum atomic E-state index is -3.39. The molecule has 0 saturated carbocycles. The molecule has 1 aromatic carbocycles. The van der Waals surface area contributed by atoms with Crippen molar-refractivity contribution in [1.29, 1.82) is 0 Å². The molecule has 0 spiro atoms. The average Bonchev–Trinajstić information content (AvgIpc) is 2.97. The van der Waals surface area contributed by atoms with E-state index in [1.807, 2.05) is 24.3 Å². The Hall–Kier alpha value is -1.81. The molecule has 7 heteroatoms. The third kappa shape index (κ3) is 3.17. The Kier molecular flexibility index (Phi) is 4.21. The third-order valence-electron chi connectivity index (χ3n) is 3.38. The van der Waals surface area contributed by atoms with Crippen LogP contribution in [-0.4, -0.2) is 6.29 Å². The van der Waals surface area contributed by atoms with Gasteiger partial charge in [-0.3, -0.25) is 0 Å². The van der Waals surface area contributed by atoms with Crippen LogP contribution in [0.15, 0.2) is 36.2 Å². The number of phosphoric ester groups is 1. The van der Waals surface area contributed by atoms with E-state index in [4.69, 9.17) is 23.0 Å². The third-order valence-corrected chi connectivity index (χ3v) is 4.55. The zero-order valence-electron chi connectivity index (χ0n) is 12.6. The standard InChI is InChI=1S/C15H19O6P/c1-3-5-6-13(17-12-9-7-11(4-2)8-10-12)18-14-15-20-22(16,19-14)21-15/h7-10,13H,3-6H2,1-2H3. The Morgan fingerprint density at radius 2 is 1.82 bits per heavy atom. The topological polar surface area (TPSA) is 63.2 Å². The molecule has 0 amide bonds. The molecule has 1 atom stereocenters. The molecular weight excluding hydrogens is 307 g/mol. The largest absolute Gasteiger partial charge is 0.654 e. The van der Waals surface area contributed by atoms with Gasteiger partial charge in [0.2, 0.25) is 6.29 Å². The molecule has 3 heterocycles. The van der Waals surface area contributed by atoms with Crippen molar-refractivity contribution in [3.8, 4) is 5.75 Å². The number of benzene rings is 1. The van der Waals surface area contributed by atoms with Gasteiger partial charge in [-0.25, -0.2) is 0 Å². The highest BCUT2D eigenvalue weighted by molar-refractivity contribution is 7.50. The number of unbranched alkanes of at least 4 members (excludes halogenated alkanes) is 1. The van der Waals surface area contributed by atoms with Crippen molar-refractivity contribution < 1.29 is 27.6 Å². The van der Waals surface area contributed by atoms with Gasteiger partial charge in [-0.2, -0.15) is 4.57 Å². The quantitative estimate of drug-likeness (QED) is 0.519. The van der Waals surface area contributed by atoms with Crippen molar-refractivity contribution >= 4 is 7.82 Å². The van der Waals surface area contributed by atoms with Gasteiger partial charge in [0, 0.05) is 6.42 Å². The molecule has 1 saturated heterocycles. The number of phosphoric acid groups is 1. The van der Waals surface area contributed by atoms with E-state index in [0.29, 0.717) is 12.2 Å². The van der Waals surface area contributed by atoms with Crippen LogP contribution in [0.4, 0.5) is 0 Å². The van der Waals surface area contributed by atoms with Crippen molar-refractivity contribution in [2.24, 2.45) is 0 Å². The van der Waals surface area contributed by atoms with Gasteiger partial charge < -0.3 is 23.0 Å². The van der Waals surface area contributed by atoms with Crippen molar-refractivity contribution in [2.75, 3.05) is 0 Å². The normalized spacial score (nSPS) is 18.6. The van der Waals surface area contributed by atoms with Gasteiger partial charge in [-0.15, -0.1) is 0 Å². The highest BCUT2D eigenvalue weighted by Gasteiger charge is 2.58. The van der Waals surface area contributed by atoms with Crippen LogP contribution in [0.3, 0.4) is 0 Å². The zero-order chi connectivity index (χ0) is 15.6. The lowest BCUT2D eigenvalue weighted by Gasteiger charge is -2.19. The Bertz CT molecular complexity index is 597. The van der Waals surface area contributed by atoms with Gasteiger partial charge in [0.15, 0.2) is 0 Å². The first kappa shape index (κ1) is 15.1. The molecule has 3 aliphatic heterocycles. The monoisotopic (exact) mass is 326 g/mol. The van der Waals surface area contributed by atoms with Crippen molar-refractivity contribution in [3.05, 3.63) is 41.7 Å². The molecule has 3 aliphatic rings. The van der Waals surface area contributed by atoms with Gasteiger partial charge in [0.25, 0.3) is 0 Å². The Balaban J connectivity index is 1.64. The summed E-state index contributed by atoms with van der Waals surface area (Å²) in [7, 11) is -3.39. The summed E-state index contributed by atoms with van der Waals surface area (Å²) in [5.74, 6) is 0.757. The fourth-order valence-electron chi connectivity index (χ4n) is 2.12. The maximum absolute atomic E-state index is 11.5. The lowest BCUT2D eigenvalue weighted by Crippen LogP contribution is -2.20. The summed E-state index contributed by atoms with van der Waals surface area (Å²) in [6, 6.07) is 7.84. The van der Waals surface area contributed by atoms with Crippen LogP contribution in [0.1, 0.15) is 38.7 Å². The lowest BCUT2D eigenvalue weighted by molar-refractivity contribution is -0.0802. The van der Waals surface area contributed by atoms with Crippen LogP contribution in [0, 0.1) is 0 Å². The first-order valence-electron chi connectivity index (χ1n) is 7.47. The molecule has 1 unspecified atom stereocenters. The van der Waals surface area contributed by atoms with Gasteiger partial charge in [-0.1, -0.05) is 32.4 Å². The molecular formula is C15H19O6P. The first-order chi connectivity index (χ1) is 10.6. The second-order valence-corrected chi connectivity index (χ2v) is 6.54.